The second-order valence-electron chi connectivity index (χ2n) is 3.29. The molecule has 0 radical (unpaired) electrons. The Bertz CT molecular complexity index is 470. The van der Waals surface area contributed by atoms with Crippen LogP contribution in [0.4, 0.5) is 0 Å². The van der Waals surface area contributed by atoms with Crippen LogP contribution >= 0.6 is 0 Å². The quantitative estimate of drug-likeness (QED) is 0.608. The van der Waals surface area contributed by atoms with Crippen LogP contribution in [0, 0.1) is 27.7 Å². The van der Waals surface area contributed by atoms with Crippen molar-refractivity contribution in [3.8, 4) is 0 Å². The predicted octanol–water partition coefficient (Wildman–Crippen LogP) is 1.36. The van der Waals surface area contributed by atoms with E-state index in [1.54, 1.807) is 0 Å². The number of nitrogens with zero attached hydrogens (tertiary/aromatic N) is 4. The van der Waals surface area contributed by atoms with Gasteiger partial charge in [-0.05, 0) is 33.3 Å². The molecule has 2 rings (SSSR count). The maximum Gasteiger partial charge on any atom is 0.255 e. The Morgan fingerprint density at radius 3 is 2.38 bits per heavy atom. The van der Waals surface area contributed by atoms with Gasteiger partial charge in [-0.3, -0.25) is 4.40 Å². The van der Waals surface area contributed by atoms with Crippen LogP contribution in [0.25, 0.3) is 5.78 Å². The summed E-state index contributed by atoms with van der Waals surface area (Å²) in [6.07, 6.45) is 0. The number of hydrogen-bond donors (Lipinski definition) is 0. The van der Waals surface area contributed by atoms with E-state index in [1.165, 1.54) is 11.3 Å². The molecule has 0 N–H and O–H groups in total. The highest BCUT2D eigenvalue weighted by Crippen LogP contribution is 2.12. The predicted molar refractivity (Wildman–Crippen MR) is 49.7 cm³/mol. The first kappa shape index (κ1) is 8.16. The van der Waals surface area contributed by atoms with Crippen molar-refractivity contribution in [3.05, 3.63) is 22.8 Å². The standard InChI is InChI=1S/C9H12N4/c1-5-6(2)10-9-12-11-8(4)13(9)7(5)3/h1-4H3. The van der Waals surface area contributed by atoms with Gasteiger partial charge < -0.3 is 0 Å². The van der Waals surface area contributed by atoms with Gasteiger partial charge in [0.2, 0.25) is 0 Å². The van der Waals surface area contributed by atoms with Crippen molar-refractivity contribution in [3.63, 3.8) is 0 Å². The van der Waals surface area contributed by atoms with Crippen molar-refractivity contribution in [1.82, 2.24) is 19.6 Å². The van der Waals surface area contributed by atoms with E-state index in [4.69, 9.17) is 0 Å². The molecule has 2 aromatic heterocycles. The molecule has 68 valence electrons. The maximum atomic E-state index is 4.35. The average molecular weight is 176 g/mol. The van der Waals surface area contributed by atoms with Crippen molar-refractivity contribution >= 4 is 5.78 Å². The molecule has 0 aliphatic rings. The molecule has 0 saturated heterocycles. The molecule has 4 nitrogen and oxygen atoms in total. The van der Waals surface area contributed by atoms with Crippen LogP contribution in [0.3, 0.4) is 0 Å². The molecule has 0 aromatic carbocycles. The summed E-state index contributed by atoms with van der Waals surface area (Å²) in [6, 6.07) is 0. The third-order valence-electron chi connectivity index (χ3n) is 2.50. The van der Waals surface area contributed by atoms with E-state index < -0.39 is 0 Å². The molecule has 0 atom stereocenters. The lowest BCUT2D eigenvalue weighted by Crippen LogP contribution is -2.02. The molecule has 0 saturated carbocycles. The fraction of sp³-hybridized carbons (Fsp3) is 0.444. The molecule has 0 fully saturated rings. The van der Waals surface area contributed by atoms with Crippen molar-refractivity contribution in [2.24, 2.45) is 0 Å². The minimum atomic E-state index is 0.693. The molecular weight excluding hydrogens is 164 g/mol. The van der Waals surface area contributed by atoms with Crippen molar-refractivity contribution in [2.75, 3.05) is 0 Å². The van der Waals surface area contributed by atoms with Gasteiger partial charge >= 0.3 is 0 Å². The smallest absolute Gasteiger partial charge is 0.255 e. The first-order valence-corrected chi connectivity index (χ1v) is 4.27. The normalized spacial score (nSPS) is 11.1. The van der Waals surface area contributed by atoms with Crippen molar-refractivity contribution < 1.29 is 0 Å². The summed E-state index contributed by atoms with van der Waals surface area (Å²) < 4.78 is 1.97. The summed E-state index contributed by atoms with van der Waals surface area (Å²) in [7, 11) is 0. The van der Waals surface area contributed by atoms with Gasteiger partial charge in [0.05, 0.1) is 0 Å². The number of fused-ring (bicyclic) bond motifs is 1. The van der Waals surface area contributed by atoms with Gasteiger partial charge in [-0.15, -0.1) is 10.2 Å². The van der Waals surface area contributed by atoms with Gasteiger partial charge in [0.15, 0.2) is 0 Å². The number of hydrogen-bond acceptors (Lipinski definition) is 3. The van der Waals surface area contributed by atoms with Gasteiger partial charge in [0.25, 0.3) is 5.78 Å². The zero-order valence-corrected chi connectivity index (χ0v) is 8.29. The lowest BCUT2D eigenvalue weighted by molar-refractivity contribution is 0.939. The van der Waals surface area contributed by atoms with E-state index in [0.717, 1.165) is 11.5 Å². The van der Waals surface area contributed by atoms with E-state index >= 15 is 0 Å². The van der Waals surface area contributed by atoms with Crippen LogP contribution in [0.2, 0.25) is 0 Å². The number of aromatic nitrogens is 4. The summed E-state index contributed by atoms with van der Waals surface area (Å²) in [5.74, 6) is 1.58. The molecule has 0 amide bonds. The zero-order valence-electron chi connectivity index (χ0n) is 8.29. The number of rotatable bonds is 0. The lowest BCUT2D eigenvalue weighted by atomic mass is 10.2. The first-order chi connectivity index (χ1) is 6.11. The molecule has 2 heterocycles. The van der Waals surface area contributed by atoms with Gasteiger partial charge in [0, 0.05) is 11.4 Å². The van der Waals surface area contributed by atoms with E-state index in [0.29, 0.717) is 5.78 Å². The number of aryl methyl sites for hydroxylation is 3. The van der Waals surface area contributed by atoms with Crippen LogP contribution in [0.5, 0.6) is 0 Å². The summed E-state index contributed by atoms with van der Waals surface area (Å²) >= 11 is 0. The third-order valence-corrected chi connectivity index (χ3v) is 2.50. The largest absolute Gasteiger partial charge is 0.268 e. The van der Waals surface area contributed by atoms with Crippen LogP contribution < -0.4 is 0 Å². The summed E-state index contributed by atoms with van der Waals surface area (Å²) in [4.78, 5) is 4.35. The third kappa shape index (κ3) is 1.02. The average Bonchev–Trinajstić information content (AvgIpc) is 2.43. The van der Waals surface area contributed by atoms with Crippen molar-refractivity contribution in [1.29, 1.82) is 0 Å². The van der Waals surface area contributed by atoms with Gasteiger partial charge in [0.1, 0.15) is 5.82 Å². The summed E-state index contributed by atoms with van der Waals surface area (Å²) in [5.41, 5.74) is 3.40. The maximum absolute atomic E-state index is 4.35. The Labute approximate surface area is 76.6 Å². The molecule has 0 spiro atoms. The molecule has 13 heavy (non-hydrogen) atoms. The van der Waals surface area contributed by atoms with E-state index in [9.17, 15) is 0 Å². The Balaban J connectivity index is 2.97. The Hall–Kier alpha value is -1.45. The van der Waals surface area contributed by atoms with E-state index in [2.05, 4.69) is 29.0 Å². The van der Waals surface area contributed by atoms with Crippen molar-refractivity contribution in [2.45, 2.75) is 27.7 Å². The van der Waals surface area contributed by atoms with Crippen LogP contribution in [-0.4, -0.2) is 19.6 Å². The van der Waals surface area contributed by atoms with Gasteiger partial charge in [-0.1, -0.05) is 0 Å². The monoisotopic (exact) mass is 176 g/mol. The highest BCUT2D eigenvalue weighted by Gasteiger charge is 2.08. The highest BCUT2D eigenvalue weighted by molar-refractivity contribution is 5.37. The molecule has 0 bridgehead atoms. The molecule has 0 aliphatic heterocycles. The lowest BCUT2D eigenvalue weighted by Gasteiger charge is -2.06. The second-order valence-corrected chi connectivity index (χ2v) is 3.29. The molecular formula is C9H12N4. The minimum Gasteiger partial charge on any atom is -0.268 e. The van der Waals surface area contributed by atoms with Crippen LogP contribution in [-0.2, 0) is 0 Å². The minimum absolute atomic E-state index is 0.693. The highest BCUT2D eigenvalue weighted by atomic mass is 15.3. The van der Waals surface area contributed by atoms with Crippen LogP contribution in [0.1, 0.15) is 22.8 Å². The summed E-state index contributed by atoms with van der Waals surface area (Å²) in [5, 5.41) is 7.97. The first-order valence-electron chi connectivity index (χ1n) is 4.27. The SMILES string of the molecule is Cc1nc2nnc(C)n2c(C)c1C. The van der Waals surface area contributed by atoms with E-state index in [-0.39, 0.29) is 0 Å². The molecule has 0 unspecified atom stereocenters. The fourth-order valence-corrected chi connectivity index (χ4v) is 1.48. The Kier molecular flexibility index (Phi) is 1.58. The zero-order chi connectivity index (χ0) is 9.59. The molecule has 0 aliphatic carbocycles. The van der Waals surface area contributed by atoms with Crippen LogP contribution in [0.15, 0.2) is 0 Å². The molecule has 2 aromatic rings. The second kappa shape index (κ2) is 2.52. The summed E-state index contributed by atoms with van der Waals surface area (Å²) in [6.45, 7) is 8.06. The Morgan fingerprint density at radius 1 is 1.00 bits per heavy atom. The van der Waals surface area contributed by atoms with Gasteiger partial charge in [-0.2, -0.15) is 0 Å². The van der Waals surface area contributed by atoms with E-state index in [1.807, 2.05) is 18.2 Å². The molecule has 4 heteroatoms. The fourth-order valence-electron chi connectivity index (χ4n) is 1.48. The topological polar surface area (TPSA) is 43.1 Å². The van der Waals surface area contributed by atoms with Gasteiger partial charge in [-0.25, -0.2) is 4.98 Å². The Morgan fingerprint density at radius 2 is 1.69 bits per heavy atom.